The molecule has 4 rings (SSSR count). The number of anilines is 1. The molecule has 0 amide bonds. The largest absolute Gasteiger partial charge is 0.423 e. The van der Waals surface area contributed by atoms with Crippen LogP contribution in [0.2, 0.25) is 0 Å². The highest BCUT2D eigenvalue weighted by atomic mass is 16.4. The van der Waals surface area contributed by atoms with Crippen molar-refractivity contribution in [1.29, 1.82) is 0 Å². The average Bonchev–Trinajstić information content (AvgIpc) is 2.84. The van der Waals surface area contributed by atoms with E-state index in [0.29, 0.717) is 23.8 Å². The van der Waals surface area contributed by atoms with Gasteiger partial charge in [-0.25, -0.2) is 4.79 Å². The van der Waals surface area contributed by atoms with Crippen LogP contribution in [0.15, 0.2) is 50.8 Å². The summed E-state index contributed by atoms with van der Waals surface area (Å²) in [5, 5.41) is 4.21. The first kappa shape index (κ1) is 14.2. The maximum absolute atomic E-state index is 12.2. The van der Waals surface area contributed by atoms with E-state index in [9.17, 15) is 9.59 Å². The summed E-state index contributed by atoms with van der Waals surface area (Å²) in [6, 6.07) is 8.73. The fourth-order valence-electron chi connectivity index (χ4n) is 4.06. The van der Waals surface area contributed by atoms with E-state index in [4.69, 9.17) is 4.42 Å². The predicted octanol–water partition coefficient (Wildman–Crippen LogP) is 3.72. The number of allylic oxidation sites excluding steroid dienone is 2. The minimum Gasteiger partial charge on any atom is -0.423 e. The number of hydrogen-bond acceptors (Lipinski definition) is 4. The van der Waals surface area contributed by atoms with E-state index in [0.717, 1.165) is 22.3 Å². The van der Waals surface area contributed by atoms with Crippen molar-refractivity contribution in [2.75, 3.05) is 5.32 Å². The Morgan fingerprint density at radius 3 is 2.74 bits per heavy atom. The summed E-state index contributed by atoms with van der Waals surface area (Å²) in [6.07, 6.45) is 0.675. The Balaban J connectivity index is 1.67. The predicted molar refractivity (Wildman–Crippen MR) is 89.2 cm³/mol. The van der Waals surface area contributed by atoms with E-state index in [1.807, 2.05) is 19.1 Å². The first-order valence-electron chi connectivity index (χ1n) is 7.93. The zero-order chi connectivity index (χ0) is 16.4. The van der Waals surface area contributed by atoms with Crippen LogP contribution in [0.25, 0.3) is 11.0 Å². The third-order valence-corrected chi connectivity index (χ3v) is 5.42. The van der Waals surface area contributed by atoms with Crippen LogP contribution in [0, 0.1) is 17.3 Å². The maximum Gasteiger partial charge on any atom is 0.336 e. The van der Waals surface area contributed by atoms with Crippen LogP contribution < -0.4 is 10.9 Å². The van der Waals surface area contributed by atoms with Crippen molar-refractivity contribution in [2.24, 2.45) is 17.3 Å². The topological polar surface area (TPSA) is 59.3 Å². The monoisotopic (exact) mass is 309 g/mol. The van der Waals surface area contributed by atoms with Crippen LogP contribution in [0.5, 0.6) is 0 Å². The Kier molecular flexibility index (Phi) is 2.83. The molecule has 2 aliphatic carbocycles. The Labute approximate surface area is 134 Å². The van der Waals surface area contributed by atoms with Crippen molar-refractivity contribution in [2.45, 2.75) is 27.2 Å². The quantitative estimate of drug-likeness (QED) is 0.678. The number of carbonyl (C=O) groups excluding carboxylic acids is 1. The van der Waals surface area contributed by atoms with Crippen molar-refractivity contribution in [3.8, 4) is 0 Å². The van der Waals surface area contributed by atoms with E-state index in [-0.39, 0.29) is 16.8 Å². The van der Waals surface area contributed by atoms with Gasteiger partial charge in [0.05, 0.1) is 0 Å². The van der Waals surface area contributed by atoms with Crippen molar-refractivity contribution < 1.29 is 9.21 Å². The second-order valence-electron chi connectivity index (χ2n) is 7.20. The van der Waals surface area contributed by atoms with Crippen LogP contribution in [-0.4, -0.2) is 5.78 Å². The molecule has 0 spiro atoms. The zero-order valence-electron chi connectivity index (χ0n) is 13.5. The van der Waals surface area contributed by atoms with Crippen molar-refractivity contribution in [3.63, 3.8) is 0 Å². The summed E-state index contributed by atoms with van der Waals surface area (Å²) in [5.74, 6) is 1.17. The molecule has 0 bridgehead atoms. The summed E-state index contributed by atoms with van der Waals surface area (Å²) in [5.41, 5.74) is 3.25. The highest BCUT2D eigenvalue weighted by Crippen LogP contribution is 2.68. The summed E-state index contributed by atoms with van der Waals surface area (Å²) >= 11 is 0. The highest BCUT2D eigenvalue weighted by Gasteiger charge is 2.65. The maximum atomic E-state index is 12.2. The molecular formula is C19H19NO3. The molecule has 118 valence electrons. The number of Topliss-reactive ketones (excluding diaryl/α,β-unsaturated/α-hetero) is 1. The molecule has 2 saturated carbocycles. The second kappa shape index (κ2) is 4.57. The number of rotatable bonds is 2. The molecule has 0 unspecified atom stereocenters. The van der Waals surface area contributed by atoms with Gasteiger partial charge in [0.15, 0.2) is 5.78 Å². The van der Waals surface area contributed by atoms with Gasteiger partial charge in [-0.1, -0.05) is 13.8 Å². The number of fused-ring (bicyclic) bond motifs is 2. The number of ketones is 1. The molecule has 0 aliphatic heterocycles. The summed E-state index contributed by atoms with van der Waals surface area (Å²) in [7, 11) is 0. The molecule has 2 atom stereocenters. The minimum absolute atomic E-state index is 0.249. The Morgan fingerprint density at radius 1 is 1.22 bits per heavy atom. The standard InChI is InChI=1S/C19H19NO3/c1-10(17-14(21)9-13-18(17)19(13,2)3)20-12-5-6-15-11(8-12)4-7-16(22)23-15/h4-8,13,18,20H,9H2,1-3H3/t13-,18+/m0/s1. The molecule has 1 aromatic carbocycles. The lowest BCUT2D eigenvalue weighted by molar-refractivity contribution is -0.115. The van der Waals surface area contributed by atoms with Crippen LogP contribution in [-0.2, 0) is 4.79 Å². The van der Waals surface area contributed by atoms with E-state index >= 15 is 0 Å². The lowest BCUT2D eigenvalue weighted by atomic mass is 9.95. The summed E-state index contributed by atoms with van der Waals surface area (Å²) in [4.78, 5) is 23.5. The van der Waals surface area contributed by atoms with Crippen LogP contribution in [0.4, 0.5) is 5.69 Å². The molecule has 2 aromatic rings. The summed E-state index contributed by atoms with van der Waals surface area (Å²) < 4.78 is 5.14. The number of benzene rings is 1. The molecular weight excluding hydrogens is 290 g/mol. The van der Waals surface area contributed by atoms with Crippen molar-refractivity contribution in [3.05, 3.63) is 52.0 Å². The molecule has 0 radical (unpaired) electrons. The smallest absolute Gasteiger partial charge is 0.336 e. The first-order valence-corrected chi connectivity index (χ1v) is 7.93. The molecule has 4 heteroatoms. The van der Waals surface area contributed by atoms with Gasteiger partial charge < -0.3 is 9.73 Å². The van der Waals surface area contributed by atoms with Gasteiger partial charge in [-0.3, -0.25) is 4.79 Å². The van der Waals surface area contributed by atoms with Gasteiger partial charge in [0.2, 0.25) is 0 Å². The molecule has 4 nitrogen and oxygen atoms in total. The second-order valence-corrected chi connectivity index (χ2v) is 7.20. The van der Waals surface area contributed by atoms with Crippen LogP contribution in [0.3, 0.4) is 0 Å². The third kappa shape index (κ3) is 2.12. The summed E-state index contributed by atoms with van der Waals surface area (Å²) in [6.45, 7) is 6.44. The van der Waals surface area contributed by atoms with E-state index < -0.39 is 0 Å². The van der Waals surface area contributed by atoms with Gasteiger partial charge in [0.25, 0.3) is 0 Å². The molecule has 1 aromatic heterocycles. The van der Waals surface area contributed by atoms with Gasteiger partial charge >= 0.3 is 5.63 Å². The van der Waals surface area contributed by atoms with Gasteiger partial charge in [-0.2, -0.15) is 0 Å². The first-order chi connectivity index (χ1) is 10.9. The molecule has 23 heavy (non-hydrogen) atoms. The number of nitrogens with one attached hydrogen (secondary N) is 1. The number of hydrogen-bond donors (Lipinski definition) is 1. The Hall–Kier alpha value is -2.36. The van der Waals surface area contributed by atoms with Gasteiger partial charge in [-0.15, -0.1) is 0 Å². The average molecular weight is 309 g/mol. The van der Waals surface area contributed by atoms with E-state index in [1.54, 1.807) is 12.1 Å². The molecule has 2 aliphatic rings. The molecule has 1 heterocycles. The van der Waals surface area contributed by atoms with Crippen molar-refractivity contribution in [1.82, 2.24) is 0 Å². The van der Waals surface area contributed by atoms with Gasteiger partial charge in [-0.05, 0) is 48.4 Å². The lowest BCUT2D eigenvalue weighted by Gasteiger charge is -2.14. The Morgan fingerprint density at radius 2 is 2.00 bits per heavy atom. The van der Waals surface area contributed by atoms with Gasteiger partial charge in [0, 0.05) is 34.8 Å². The van der Waals surface area contributed by atoms with Crippen molar-refractivity contribution >= 4 is 22.4 Å². The zero-order valence-corrected chi connectivity index (χ0v) is 13.5. The van der Waals surface area contributed by atoms with Gasteiger partial charge in [0.1, 0.15) is 5.58 Å². The highest BCUT2D eigenvalue weighted by molar-refractivity contribution is 6.01. The fourth-order valence-corrected chi connectivity index (χ4v) is 4.06. The molecule has 0 saturated heterocycles. The Bertz CT molecular complexity index is 920. The SMILES string of the molecule is CC(Nc1ccc2oc(=O)ccc2c1)=C1C(=O)C[C@H]2[C@H]1C2(C)C. The normalized spacial score (nSPS) is 27.0. The van der Waals surface area contributed by atoms with Crippen LogP contribution in [0.1, 0.15) is 27.2 Å². The third-order valence-electron chi connectivity index (χ3n) is 5.42. The lowest BCUT2D eigenvalue weighted by Crippen LogP contribution is -2.12. The fraction of sp³-hybridized carbons (Fsp3) is 0.368. The van der Waals surface area contributed by atoms with Crippen LogP contribution >= 0.6 is 0 Å². The van der Waals surface area contributed by atoms with E-state index in [2.05, 4.69) is 19.2 Å². The molecule has 2 fully saturated rings. The minimum atomic E-state index is -0.352. The molecule has 1 N–H and O–H groups in total. The van der Waals surface area contributed by atoms with E-state index in [1.165, 1.54) is 6.07 Å². The number of carbonyl (C=O) groups is 1.